The quantitative estimate of drug-likeness (QED) is 0.506. The molecule has 3 heterocycles. The zero-order valence-electron chi connectivity index (χ0n) is 11.3. The van der Waals surface area contributed by atoms with Gasteiger partial charge in [0.2, 0.25) is 0 Å². The summed E-state index contributed by atoms with van der Waals surface area (Å²) in [6.07, 6.45) is 4.41. The van der Waals surface area contributed by atoms with Gasteiger partial charge in [0.05, 0.1) is 23.3 Å². The lowest BCUT2D eigenvalue weighted by Gasteiger charge is -2.09. The molecule has 2 aromatic heterocycles. The second-order valence-electron chi connectivity index (χ2n) is 4.89. The Kier molecular flexibility index (Phi) is 2.63. The minimum absolute atomic E-state index is 0.700. The predicted molar refractivity (Wildman–Crippen MR) is 81.5 cm³/mol. The van der Waals surface area contributed by atoms with Crippen LogP contribution in [0.3, 0.4) is 0 Å². The normalized spacial score (nSPS) is 11.7. The fraction of sp³-hybridized carbons (Fsp3) is 0.125. The summed E-state index contributed by atoms with van der Waals surface area (Å²) in [7, 11) is 0. The lowest BCUT2D eigenvalue weighted by molar-refractivity contribution is 0.965. The van der Waals surface area contributed by atoms with Gasteiger partial charge in [-0.15, -0.1) is 0 Å². The number of aromatic nitrogens is 4. The van der Waals surface area contributed by atoms with E-state index in [4.69, 9.17) is 11.6 Å². The van der Waals surface area contributed by atoms with Crippen molar-refractivity contribution in [1.82, 2.24) is 19.7 Å². The molecule has 0 amide bonds. The van der Waals surface area contributed by atoms with Crippen LogP contribution in [-0.4, -0.2) is 19.7 Å². The van der Waals surface area contributed by atoms with Crippen LogP contribution in [0.5, 0.6) is 0 Å². The molecule has 1 aromatic carbocycles. The van der Waals surface area contributed by atoms with Crippen molar-refractivity contribution in [2.24, 2.45) is 0 Å². The molecule has 4 rings (SSSR count). The lowest BCUT2D eigenvalue weighted by atomic mass is 10.1. The molecular weight excluding hydrogens is 284 g/mol. The second kappa shape index (κ2) is 4.51. The van der Waals surface area contributed by atoms with E-state index in [0.717, 1.165) is 40.3 Å². The number of halogens is 1. The van der Waals surface area contributed by atoms with Gasteiger partial charge in [0.15, 0.2) is 0 Å². The van der Waals surface area contributed by atoms with E-state index in [0.29, 0.717) is 5.02 Å². The van der Waals surface area contributed by atoms with Crippen LogP contribution in [0, 0.1) is 11.8 Å². The molecule has 0 saturated carbocycles. The van der Waals surface area contributed by atoms with Gasteiger partial charge in [-0.05, 0) is 31.0 Å². The fourth-order valence-corrected chi connectivity index (χ4v) is 2.92. The summed E-state index contributed by atoms with van der Waals surface area (Å²) < 4.78 is 2.08. The van der Waals surface area contributed by atoms with E-state index in [1.165, 1.54) is 0 Å². The number of nitrogens with zero attached hydrogens (tertiary/aromatic N) is 3. The first-order chi connectivity index (χ1) is 10.3. The number of H-pyrrole nitrogens is 1. The van der Waals surface area contributed by atoms with Crippen LogP contribution in [0.1, 0.15) is 23.9 Å². The van der Waals surface area contributed by atoms with E-state index in [9.17, 15) is 0 Å². The minimum atomic E-state index is 0.700. The lowest BCUT2D eigenvalue weighted by Crippen LogP contribution is -1.99. The van der Waals surface area contributed by atoms with E-state index in [1.54, 1.807) is 0 Å². The zero-order chi connectivity index (χ0) is 14.4. The van der Waals surface area contributed by atoms with E-state index in [2.05, 4.69) is 31.6 Å². The summed E-state index contributed by atoms with van der Waals surface area (Å²) in [5.41, 5.74) is 6.08. The molecule has 5 heteroatoms. The van der Waals surface area contributed by atoms with Crippen molar-refractivity contribution >= 4 is 11.6 Å². The van der Waals surface area contributed by atoms with Crippen LogP contribution in [0.4, 0.5) is 0 Å². The third-order valence-electron chi connectivity index (χ3n) is 3.67. The third-order valence-corrected chi connectivity index (χ3v) is 3.91. The number of aromatic amines is 1. The number of hydrogen-bond donors (Lipinski definition) is 1. The Labute approximate surface area is 126 Å². The van der Waals surface area contributed by atoms with Crippen LogP contribution < -0.4 is 0 Å². The van der Waals surface area contributed by atoms with Crippen molar-refractivity contribution < 1.29 is 0 Å². The van der Waals surface area contributed by atoms with Gasteiger partial charge in [-0.1, -0.05) is 17.5 Å². The van der Waals surface area contributed by atoms with E-state index in [-0.39, 0.29) is 0 Å². The highest BCUT2D eigenvalue weighted by Gasteiger charge is 2.23. The van der Waals surface area contributed by atoms with Crippen molar-refractivity contribution in [3.63, 3.8) is 0 Å². The highest BCUT2D eigenvalue weighted by atomic mass is 35.5. The van der Waals surface area contributed by atoms with Gasteiger partial charge in [0, 0.05) is 22.6 Å². The molecule has 0 radical (unpaired) electrons. The summed E-state index contributed by atoms with van der Waals surface area (Å²) in [6.45, 7) is 1.82. The molecule has 0 aliphatic carbocycles. The molecular formula is C16H11ClN4. The summed E-state index contributed by atoms with van der Waals surface area (Å²) >= 11 is 6.16. The fourth-order valence-electron chi connectivity index (χ4n) is 2.75. The van der Waals surface area contributed by atoms with Crippen molar-refractivity contribution in [1.29, 1.82) is 0 Å². The summed E-state index contributed by atoms with van der Waals surface area (Å²) in [5, 5.41) is 7.95. The van der Waals surface area contributed by atoms with E-state index < -0.39 is 0 Å². The van der Waals surface area contributed by atoms with E-state index in [1.807, 2.05) is 37.6 Å². The van der Waals surface area contributed by atoms with Crippen LogP contribution in [0.15, 0.2) is 30.7 Å². The molecule has 0 spiro atoms. The van der Waals surface area contributed by atoms with Gasteiger partial charge < -0.3 is 4.57 Å². The van der Waals surface area contributed by atoms with Gasteiger partial charge in [-0.25, -0.2) is 4.98 Å². The summed E-state index contributed by atoms with van der Waals surface area (Å²) in [5.74, 6) is 5.99. The predicted octanol–water partition coefficient (Wildman–Crippen LogP) is 3.19. The maximum atomic E-state index is 6.16. The molecule has 0 bridgehead atoms. The number of hydrogen-bond acceptors (Lipinski definition) is 2. The van der Waals surface area contributed by atoms with Crippen LogP contribution in [0.2, 0.25) is 5.02 Å². The number of benzene rings is 1. The average molecular weight is 295 g/mol. The van der Waals surface area contributed by atoms with Gasteiger partial charge >= 0.3 is 0 Å². The van der Waals surface area contributed by atoms with Crippen molar-refractivity contribution in [3.05, 3.63) is 52.7 Å². The molecule has 0 fully saturated rings. The van der Waals surface area contributed by atoms with Crippen molar-refractivity contribution in [2.45, 2.75) is 13.3 Å². The maximum Gasteiger partial charge on any atom is 0.135 e. The molecule has 102 valence electrons. The summed E-state index contributed by atoms with van der Waals surface area (Å²) in [6, 6.07) is 5.84. The van der Waals surface area contributed by atoms with Gasteiger partial charge in [0.25, 0.3) is 0 Å². The van der Waals surface area contributed by atoms with E-state index >= 15 is 0 Å². The largest absolute Gasteiger partial charge is 0.301 e. The standard InChI is InChI=1S/C16H11ClN4/c1-2-3-13-15-6-10-8-19-20-16(10)12-7-11(17)4-5-14(12)21(15)9-18-13/h4-5,7-9H,6H2,1H3,(H,19,20). The SMILES string of the molecule is CC#Cc1ncn2c1Cc1cn[nH]c1-c1cc(Cl)ccc1-2. The Morgan fingerprint density at radius 1 is 1.38 bits per heavy atom. The molecule has 1 aliphatic heterocycles. The molecule has 3 aromatic rings. The molecule has 21 heavy (non-hydrogen) atoms. The van der Waals surface area contributed by atoms with Gasteiger partial charge in [0.1, 0.15) is 12.0 Å². The zero-order valence-corrected chi connectivity index (χ0v) is 12.1. The topological polar surface area (TPSA) is 46.5 Å². The minimum Gasteiger partial charge on any atom is -0.301 e. The first kappa shape index (κ1) is 12.2. The second-order valence-corrected chi connectivity index (χ2v) is 5.33. The molecule has 1 aliphatic rings. The smallest absolute Gasteiger partial charge is 0.135 e. The average Bonchev–Trinajstić information content (AvgIpc) is 3.06. The molecule has 4 nitrogen and oxygen atoms in total. The van der Waals surface area contributed by atoms with Crippen LogP contribution in [0.25, 0.3) is 16.9 Å². The summed E-state index contributed by atoms with van der Waals surface area (Å²) in [4.78, 5) is 4.43. The highest BCUT2D eigenvalue weighted by Crippen LogP contribution is 2.35. The Hall–Kier alpha value is -2.51. The maximum absolute atomic E-state index is 6.16. The van der Waals surface area contributed by atoms with Crippen molar-refractivity contribution in [2.75, 3.05) is 0 Å². The Balaban J connectivity index is 2.08. The first-order valence-electron chi connectivity index (χ1n) is 6.59. The number of imidazole rings is 1. The first-order valence-corrected chi connectivity index (χ1v) is 6.97. The molecule has 0 saturated heterocycles. The van der Waals surface area contributed by atoms with Crippen LogP contribution >= 0.6 is 11.6 Å². The molecule has 0 atom stereocenters. The van der Waals surface area contributed by atoms with Crippen molar-refractivity contribution in [3.8, 4) is 28.8 Å². The third kappa shape index (κ3) is 1.78. The van der Waals surface area contributed by atoms with Crippen LogP contribution in [-0.2, 0) is 6.42 Å². The number of nitrogens with one attached hydrogen (secondary N) is 1. The number of fused-ring (bicyclic) bond motifs is 5. The van der Waals surface area contributed by atoms with Gasteiger partial charge in [-0.2, -0.15) is 5.10 Å². The molecule has 0 unspecified atom stereocenters. The Bertz CT molecular complexity index is 908. The van der Waals surface area contributed by atoms with Gasteiger partial charge in [-0.3, -0.25) is 5.10 Å². The monoisotopic (exact) mass is 294 g/mol. The Morgan fingerprint density at radius 3 is 3.14 bits per heavy atom. The number of rotatable bonds is 0. The Morgan fingerprint density at radius 2 is 2.29 bits per heavy atom. The molecule has 1 N–H and O–H groups in total. The highest BCUT2D eigenvalue weighted by molar-refractivity contribution is 6.31.